The molecule has 1 aromatic heterocycles. The van der Waals surface area contributed by atoms with Crippen LogP contribution in [0.4, 0.5) is 5.69 Å². The number of methoxy groups -OCH3 is 1. The van der Waals surface area contributed by atoms with Gasteiger partial charge in [-0.25, -0.2) is 0 Å². The van der Waals surface area contributed by atoms with E-state index >= 15 is 0 Å². The molecule has 17 heavy (non-hydrogen) atoms. The summed E-state index contributed by atoms with van der Waals surface area (Å²) in [7, 11) is 1.66. The zero-order valence-electron chi connectivity index (χ0n) is 9.48. The lowest BCUT2D eigenvalue weighted by atomic mass is 10.3. The maximum Gasteiger partial charge on any atom is 0.119 e. The molecule has 2 rings (SSSR count). The van der Waals surface area contributed by atoms with Crippen molar-refractivity contribution >= 4 is 21.6 Å². The van der Waals surface area contributed by atoms with Gasteiger partial charge in [-0.3, -0.25) is 4.98 Å². The van der Waals surface area contributed by atoms with Crippen LogP contribution in [0.15, 0.2) is 47.1 Å². The van der Waals surface area contributed by atoms with Crippen molar-refractivity contribution in [2.75, 3.05) is 12.4 Å². The molecule has 0 bridgehead atoms. The van der Waals surface area contributed by atoms with Crippen molar-refractivity contribution in [3.05, 3.63) is 52.8 Å². The molecule has 0 radical (unpaired) electrons. The number of nitrogens with zero attached hydrogens (tertiary/aromatic N) is 1. The lowest BCUT2D eigenvalue weighted by Crippen LogP contribution is -2.01. The summed E-state index contributed by atoms with van der Waals surface area (Å²) < 4.78 is 6.14. The van der Waals surface area contributed by atoms with Gasteiger partial charge in [-0.15, -0.1) is 0 Å². The number of ether oxygens (including phenoxy) is 1. The Bertz CT molecular complexity index is 485. The second-order valence-electron chi connectivity index (χ2n) is 3.55. The molecule has 0 aliphatic rings. The Labute approximate surface area is 109 Å². The van der Waals surface area contributed by atoms with E-state index in [-0.39, 0.29) is 0 Å². The zero-order chi connectivity index (χ0) is 12.1. The Morgan fingerprint density at radius 3 is 2.65 bits per heavy atom. The molecule has 0 saturated heterocycles. The van der Waals surface area contributed by atoms with E-state index in [1.807, 2.05) is 36.4 Å². The van der Waals surface area contributed by atoms with Crippen molar-refractivity contribution in [1.82, 2.24) is 4.98 Å². The minimum Gasteiger partial charge on any atom is -0.497 e. The van der Waals surface area contributed by atoms with E-state index < -0.39 is 0 Å². The first-order valence-corrected chi connectivity index (χ1v) is 6.05. The minimum atomic E-state index is 0.700. The van der Waals surface area contributed by atoms with Gasteiger partial charge in [0.05, 0.1) is 19.3 Å². The molecule has 0 spiro atoms. The van der Waals surface area contributed by atoms with Gasteiger partial charge in [0.1, 0.15) is 5.75 Å². The van der Waals surface area contributed by atoms with Crippen LogP contribution in [0.5, 0.6) is 5.75 Å². The van der Waals surface area contributed by atoms with Crippen LogP contribution < -0.4 is 10.1 Å². The van der Waals surface area contributed by atoms with Crippen molar-refractivity contribution in [2.24, 2.45) is 0 Å². The molecule has 88 valence electrons. The molecule has 0 aliphatic heterocycles. The van der Waals surface area contributed by atoms with Crippen molar-refractivity contribution < 1.29 is 4.74 Å². The molecule has 2 aromatic rings. The van der Waals surface area contributed by atoms with Crippen LogP contribution in [0.1, 0.15) is 5.69 Å². The quantitative estimate of drug-likeness (QED) is 0.937. The van der Waals surface area contributed by atoms with Gasteiger partial charge in [-0.2, -0.15) is 0 Å². The number of hydrogen-bond donors (Lipinski definition) is 1. The molecule has 0 saturated carbocycles. The third-order valence-electron chi connectivity index (χ3n) is 2.34. The summed E-state index contributed by atoms with van der Waals surface area (Å²) in [5.41, 5.74) is 2.04. The summed E-state index contributed by atoms with van der Waals surface area (Å²) in [6.07, 6.45) is 1.79. The van der Waals surface area contributed by atoms with Gasteiger partial charge in [0, 0.05) is 16.4 Å². The Morgan fingerprint density at radius 1 is 1.24 bits per heavy atom. The van der Waals surface area contributed by atoms with Crippen LogP contribution in [0.3, 0.4) is 0 Å². The number of aromatic nitrogens is 1. The van der Waals surface area contributed by atoms with Gasteiger partial charge in [-0.05, 0) is 36.4 Å². The van der Waals surface area contributed by atoms with E-state index in [9.17, 15) is 0 Å². The highest BCUT2D eigenvalue weighted by Gasteiger charge is 1.97. The van der Waals surface area contributed by atoms with Crippen LogP contribution in [-0.4, -0.2) is 12.1 Å². The number of rotatable bonds is 4. The fourth-order valence-corrected chi connectivity index (χ4v) is 1.83. The van der Waals surface area contributed by atoms with Gasteiger partial charge in [0.25, 0.3) is 0 Å². The number of pyridine rings is 1. The lowest BCUT2D eigenvalue weighted by molar-refractivity contribution is 0.415. The second kappa shape index (κ2) is 5.68. The Kier molecular flexibility index (Phi) is 3.98. The van der Waals surface area contributed by atoms with E-state index in [4.69, 9.17) is 4.74 Å². The van der Waals surface area contributed by atoms with Gasteiger partial charge in [-0.1, -0.05) is 15.9 Å². The van der Waals surface area contributed by atoms with E-state index in [1.54, 1.807) is 13.3 Å². The van der Waals surface area contributed by atoms with Crippen LogP contribution in [0.2, 0.25) is 0 Å². The molecule has 3 nitrogen and oxygen atoms in total. The highest BCUT2D eigenvalue weighted by Crippen LogP contribution is 2.16. The van der Waals surface area contributed by atoms with Gasteiger partial charge >= 0.3 is 0 Å². The number of anilines is 1. The molecule has 0 amide bonds. The first-order valence-electron chi connectivity index (χ1n) is 5.26. The van der Waals surface area contributed by atoms with Gasteiger partial charge in [0.2, 0.25) is 0 Å². The highest BCUT2D eigenvalue weighted by molar-refractivity contribution is 9.10. The summed E-state index contributed by atoms with van der Waals surface area (Å²) >= 11 is 3.42. The summed E-state index contributed by atoms with van der Waals surface area (Å²) in [5.74, 6) is 0.858. The number of halogens is 1. The first-order chi connectivity index (χ1) is 8.28. The van der Waals surface area contributed by atoms with Crippen LogP contribution in [0, 0.1) is 0 Å². The first kappa shape index (κ1) is 11.9. The number of benzene rings is 1. The second-order valence-corrected chi connectivity index (χ2v) is 4.46. The number of nitrogens with one attached hydrogen (secondary N) is 1. The van der Waals surface area contributed by atoms with E-state index in [2.05, 4.69) is 26.2 Å². The summed E-state index contributed by atoms with van der Waals surface area (Å²) in [6, 6.07) is 11.7. The third-order valence-corrected chi connectivity index (χ3v) is 2.84. The summed E-state index contributed by atoms with van der Waals surface area (Å²) in [5, 5.41) is 3.30. The molecule has 0 atom stereocenters. The molecule has 4 heteroatoms. The molecule has 1 heterocycles. The molecule has 1 N–H and O–H groups in total. The highest BCUT2D eigenvalue weighted by atomic mass is 79.9. The SMILES string of the molecule is COc1ccc(NCc2cc(Br)ccn2)cc1. The van der Waals surface area contributed by atoms with Gasteiger partial charge < -0.3 is 10.1 Å². The van der Waals surface area contributed by atoms with Gasteiger partial charge in [0.15, 0.2) is 0 Å². The lowest BCUT2D eigenvalue weighted by Gasteiger charge is -2.07. The predicted octanol–water partition coefficient (Wildman–Crippen LogP) is 3.46. The summed E-state index contributed by atoms with van der Waals surface area (Å²) in [6.45, 7) is 0.700. The average Bonchev–Trinajstić information content (AvgIpc) is 2.37. The molecule has 0 unspecified atom stereocenters. The topological polar surface area (TPSA) is 34.1 Å². The van der Waals surface area contributed by atoms with Crippen molar-refractivity contribution in [2.45, 2.75) is 6.54 Å². The third kappa shape index (κ3) is 3.46. The minimum absolute atomic E-state index is 0.700. The fourth-order valence-electron chi connectivity index (χ4n) is 1.45. The standard InChI is InChI=1S/C13H13BrN2O/c1-17-13-4-2-11(3-5-13)16-9-12-8-10(14)6-7-15-12/h2-8,16H,9H2,1H3. The normalized spacial score (nSPS) is 10.0. The average molecular weight is 293 g/mol. The molecule has 1 aromatic carbocycles. The van der Waals surface area contributed by atoms with Crippen molar-refractivity contribution in [3.63, 3.8) is 0 Å². The van der Waals surface area contributed by atoms with Crippen molar-refractivity contribution in [1.29, 1.82) is 0 Å². The molecular formula is C13H13BrN2O. The van der Waals surface area contributed by atoms with Crippen LogP contribution in [-0.2, 0) is 6.54 Å². The number of hydrogen-bond acceptors (Lipinski definition) is 3. The molecule has 0 fully saturated rings. The zero-order valence-corrected chi connectivity index (χ0v) is 11.1. The Balaban J connectivity index is 1.97. The predicted molar refractivity (Wildman–Crippen MR) is 72.3 cm³/mol. The van der Waals surface area contributed by atoms with Crippen molar-refractivity contribution in [3.8, 4) is 5.75 Å². The fraction of sp³-hybridized carbons (Fsp3) is 0.154. The smallest absolute Gasteiger partial charge is 0.119 e. The maximum atomic E-state index is 5.10. The van der Waals surface area contributed by atoms with E-state index in [0.29, 0.717) is 6.54 Å². The Hall–Kier alpha value is -1.55. The van der Waals surface area contributed by atoms with E-state index in [1.165, 1.54) is 0 Å². The van der Waals surface area contributed by atoms with Crippen LogP contribution in [0.25, 0.3) is 0 Å². The molecular weight excluding hydrogens is 280 g/mol. The van der Waals surface area contributed by atoms with E-state index in [0.717, 1.165) is 21.6 Å². The maximum absolute atomic E-state index is 5.10. The Morgan fingerprint density at radius 2 is 2.00 bits per heavy atom. The monoisotopic (exact) mass is 292 g/mol. The van der Waals surface area contributed by atoms with Crippen LogP contribution >= 0.6 is 15.9 Å². The largest absolute Gasteiger partial charge is 0.497 e. The summed E-state index contributed by atoms with van der Waals surface area (Å²) in [4.78, 5) is 4.27. The molecule has 0 aliphatic carbocycles.